The van der Waals surface area contributed by atoms with Gasteiger partial charge in [0.1, 0.15) is 12.0 Å². The third-order valence-corrected chi connectivity index (χ3v) is 4.22. The maximum absolute atomic E-state index is 9.27. The number of aromatic nitrogens is 1. The molecule has 0 aliphatic heterocycles. The molecule has 1 aromatic carbocycles. The molecule has 0 amide bonds. The molecule has 1 heterocycles. The summed E-state index contributed by atoms with van der Waals surface area (Å²) in [5, 5.41) is 15.9. The molecule has 0 saturated heterocycles. The molecule has 0 aliphatic rings. The van der Waals surface area contributed by atoms with Crippen LogP contribution in [0.4, 0.5) is 0 Å². The third kappa shape index (κ3) is 7.43. The highest BCUT2D eigenvalue weighted by atomic mass is 16.3. The molecule has 0 spiro atoms. The summed E-state index contributed by atoms with van der Waals surface area (Å²) in [6, 6.07) is 9.84. The number of hydrogen-bond donors (Lipinski definition) is 3. The van der Waals surface area contributed by atoms with E-state index in [-0.39, 0.29) is 6.61 Å². The Bertz CT molecular complexity index is 682. The van der Waals surface area contributed by atoms with Crippen molar-refractivity contribution in [2.75, 3.05) is 19.7 Å². The van der Waals surface area contributed by atoms with Gasteiger partial charge < -0.3 is 20.2 Å². The number of benzene rings is 1. The molecule has 0 bridgehead atoms. The first-order chi connectivity index (χ1) is 13.1. The zero-order valence-electron chi connectivity index (χ0n) is 16.6. The molecule has 6 heteroatoms. The molecule has 2 rings (SSSR count). The molecule has 1 aromatic heterocycles. The van der Waals surface area contributed by atoms with E-state index in [4.69, 9.17) is 4.42 Å². The van der Waals surface area contributed by atoms with Crippen molar-refractivity contribution in [2.45, 2.75) is 40.2 Å². The third-order valence-electron chi connectivity index (χ3n) is 4.22. The lowest BCUT2D eigenvalue weighted by Gasteiger charge is -2.20. The van der Waals surface area contributed by atoms with Gasteiger partial charge in [0.25, 0.3) is 0 Å². The van der Waals surface area contributed by atoms with Gasteiger partial charge in [0.05, 0.1) is 6.54 Å². The maximum atomic E-state index is 9.27. The van der Waals surface area contributed by atoms with E-state index in [9.17, 15) is 5.11 Å². The molecule has 27 heavy (non-hydrogen) atoms. The van der Waals surface area contributed by atoms with Crippen molar-refractivity contribution in [1.82, 2.24) is 15.6 Å². The standard InChI is InChI=1S/C21H32N4O2/c1-4-22-21(23-13-17(10-11-26)12-16(2)3)24-14-19-15-27-20(25-19)18-8-6-5-7-9-18/h5-9,15-17,26H,4,10-14H2,1-3H3,(H2,22,23,24). The fraction of sp³-hybridized carbons (Fsp3) is 0.524. The molecule has 6 nitrogen and oxygen atoms in total. The Morgan fingerprint density at radius 1 is 1.22 bits per heavy atom. The minimum Gasteiger partial charge on any atom is -0.444 e. The highest BCUT2D eigenvalue weighted by Gasteiger charge is 2.12. The largest absolute Gasteiger partial charge is 0.444 e. The van der Waals surface area contributed by atoms with Crippen LogP contribution in [-0.4, -0.2) is 35.7 Å². The number of guanidine groups is 1. The minimum absolute atomic E-state index is 0.216. The van der Waals surface area contributed by atoms with Gasteiger partial charge in [-0.1, -0.05) is 32.0 Å². The number of aliphatic hydroxyl groups is 1. The quantitative estimate of drug-likeness (QED) is 0.440. The number of nitrogens with zero attached hydrogens (tertiary/aromatic N) is 2. The number of aliphatic imine (C=N–C) groups is 1. The monoisotopic (exact) mass is 372 g/mol. The number of hydrogen-bond acceptors (Lipinski definition) is 4. The Balaban J connectivity index is 1.95. The summed E-state index contributed by atoms with van der Waals surface area (Å²) in [7, 11) is 0. The molecule has 148 valence electrons. The predicted octanol–water partition coefficient (Wildman–Crippen LogP) is 3.44. The van der Waals surface area contributed by atoms with E-state index in [0.717, 1.165) is 43.1 Å². The van der Waals surface area contributed by atoms with Crippen LogP contribution in [0.1, 0.15) is 39.3 Å². The van der Waals surface area contributed by atoms with Crippen LogP contribution in [-0.2, 0) is 6.54 Å². The van der Waals surface area contributed by atoms with Crippen molar-refractivity contribution in [2.24, 2.45) is 16.8 Å². The van der Waals surface area contributed by atoms with Gasteiger partial charge in [-0.15, -0.1) is 0 Å². The average molecular weight is 373 g/mol. The van der Waals surface area contributed by atoms with Crippen molar-refractivity contribution in [3.05, 3.63) is 42.3 Å². The van der Waals surface area contributed by atoms with Crippen LogP contribution in [0.5, 0.6) is 0 Å². The summed E-state index contributed by atoms with van der Waals surface area (Å²) >= 11 is 0. The van der Waals surface area contributed by atoms with Crippen LogP contribution in [0.25, 0.3) is 11.5 Å². The van der Waals surface area contributed by atoms with Crippen molar-refractivity contribution in [3.8, 4) is 11.5 Å². The Hall–Kier alpha value is -2.34. The highest BCUT2D eigenvalue weighted by molar-refractivity contribution is 5.79. The molecule has 3 N–H and O–H groups in total. The molecule has 0 radical (unpaired) electrons. The van der Waals surface area contributed by atoms with E-state index in [1.165, 1.54) is 0 Å². The lowest BCUT2D eigenvalue weighted by Crippen LogP contribution is -2.40. The molecule has 1 unspecified atom stereocenters. The van der Waals surface area contributed by atoms with Gasteiger partial charge >= 0.3 is 0 Å². The number of rotatable bonds is 10. The second kappa shape index (κ2) is 11.4. The van der Waals surface area contributed by atoms with Gasteiger partial charge in [-0.2, -0.15) is 0 Å². The van der Waals surface area contributed by atoms with Crippen molar-refractivity contribution in [1.29, 1.82) is 0 Å². The summed E-state index contributed by atoms with van der Waals surface area (Å²) in [4.78, 5) is 9.13. The molecule has 0 fully saturated rings. The van der Waals surface area contributed by atoms with Crippen LogP contribution in [0.3, 0.4) is 0 Å². The summed E-state index contributed by atoms with van der Waals surface area (Å²) in [6.07, 6.45) is 3.54. The molecule has 1 atom stereocenters. The average Bonchev–Trinajstić information content (AvgIpc) is 3.13. The van der Waals surface area contributed by atoms with Crippen molar-refractivity contribution >= 4 is 5.96 Å². The van der Waals surface area contributed by atoms with Gasteiger partial charge in [0.15, 0.2) is 5.96 Å². The highest BCUT2D eigenvalue weighted by Crippen LogP contribution is 2.18. The van der Waals surface area contributed by atoms with Gasteiger partial charge in [-0.3, -0.25) is 0 Å². The van der Waals surface area contributed by atoms with Gasteiger partial charge in [-0.25, -0.2) is 9.98 Å². The lowest BCUT2D eigenvalue weighted by atomic mass is 9.94. The molecular formula is C21H32N4O2. The first-order valence-electron chi connectivity index (χ1n) is 9.75. The Morgan fingerprint density at radius 3 is 2.67 bits per heavy atom. The molecule has 2 aromatic rings. The van der Waals surface area contributed by atoms with Crippen molar-refractivity contribution < 1.29 is 9.52 Å². The van der Waals surface area contributed by atoms with Crippen LogP contribution in [0, 0.1) is 11.8 Å². The van der Waals surface area contributed by atoms with Crippen LogP contribution < -0.4 is 10.6 Å². The zero-order chi connectivity index (χ0) is 19.5. The van der Waals surface area contributed by atoms with E-state index in [2.05, 4.69) is 34.5 Å². The second-order valence-corrected chi connectivity index (χ2v) is 7.09. The smallest absolute Gasteiger partial charge is 0.226 e. The predicted molar refractivity (Wildman–Crippen MR) is 109 cm³/mol. The Kier molecular flexibility index (Phi) is 8.84. The first kappa shape index (κ1) is 21.0. The van der Waals surface area contributed by atoms with Crippen molar-refractivity contribution in [3.63, 3.8) is 0 Å². The number of aliphatic hydroxyl groups excluding tert-OH is 1. The number of nitrogens with one attached hydrogen (secondary N) is 2. The zero-order valence-corrected chi connectivity index (χ0v) is 16.6. The minimum atomic E-state index is 0.216. The van der Waals surface area contributed by atoms with E-state index in [1.807, 2.05) is 37.3 Å². The van der Waals surface area contributed by atoms with E-state index < -0.39 is 0 Å². The second-order valence-electron chi connectivity index (χ2n) is 7.09. The lowest BCUT2D eigenvalue weighted by molar-refractivity contribution is 0.243. The summed E-state index contributed by atoms with van der Waals surface area (Å²) in [6.45, 7) is 8.69. The number of oxazole rings is 1. The van der Waals surface area contributed by atoms with Crippen LogP contribution in [0.2, 0.25) is 0 Å². The SMILES string of the molecule is CCNC(=NCc1coc(-c2ccccc2)n1)NCC(CCO)CC(C)C. The summed E-state index contributed by atoms with van der Waals surface area (Å²) in [5.74, 6) is 2.40. The molecular weight excluding hydrogens is 340 g/mol. The molecule has 0 aliphatic carbocycles. The van der Waals surface area contributed by atoms with Gasteiger partial charge in [-0.05, 0) is 43.7 Å². The van der Waals surface area contributed by atoms with Gasteiger partial charge in [0, 0.05) is 25.3 Å². The summed E-state index contributed by atoms with van der Waals surface area (Å²) < 4.78 is 5.57. The summed E-state index contributed by atoms with van der Waals surface area (Å²) in [5.41, 5.74) is 1.75. The Morgan fingerprint density at radius 2 is 2.00 bits per heavy atom. The van der Waals surface area contributed by atoms with Gasteiger partial charge in [0.2, 0.25) is 5.89 Å². The van der Waals surface area contributed by atoms with E-state index in [1.54, 1.807) is 6.26 Å². The fourth-order valence-corrected chi connectivity index (χ4v) is 2.99. The first-order valence-corrected chi connectivity index (χ1v) is 9.75. The maximum Gasteiger partial charge on any atom is 0.226 e. The fourth-order valence-electron chi connectivity index (χ4n) is 2.99. The van der Waals surface area contributed by atoms with Crippen LogP contribution in [0.15, 0.2) is 46.0 Å². The Labute approximate surface area is 162 Å². The van der Waals surface area contributed by atoms with E-state index >= 15 is 0 Å². The van der Waals surface area contributed by atoms with E-state index in [0.29, 0.717) is 24.3 Å². The van der Waals surface area contributed by atoms with Crippen LogP contribution >= 0.6 is 0 Å². The topological polar surface area (TPSA) is 82.7 Å². The molecule has 0 saturated carbocycles. The normalized spacial score (nSPS) is 13.0.